The van der Waals surface area contributed by atoms with Crippen molar-refractivity contribution in [1.82, 2.24) is 19.6 Å². The maximum atomic E-state index is 4.48. The first kappa shape index (κ1) is 14.4. The number of hydrogen-bond acceptors (Lipinski definition) is 4. The first-order valence-electron chi connectivity index (χ1n) is 8.73. The predicted molar refractivity (Wildman–Crippen MR) is 98.8 cm³/mol. The zero-order chi connectivity index (χ0) is 16.8. The molecular formula is C20H19N5. The fourth-order valence-corrected chi connectivity index (χ4v) is 4.02. The van der Waals surface area contributed by atoms with Crippen LogP contribution in [0.2, 0.25) is 0 Å². The number of nitrogens with zero attached hydrogens (tertiary/aromatic N) is 5. The monoisotopic (exact) mass is 329 g/mol. The number of benzene rings is 2. The van der Waals surface area contributed by atoms with Crippen LogP contribution in [0.5, 0.6) is 0 Å². The highest BCUT2D eigenvalue weighted by Crippen LogP contribution is 2.38. The van der Waals surface area contributed by atoms with E-state index >= 15 is 0 Å². The standard InChI is InChI=1S/C20H19N5/c1-14-12-19(25-20(23-14)21-13-22-25)24-11-5-10-18(24)17-9-4-7-15-6-2-3-8-16(15)17/h2-4,6-9,12-13,18H,5,10-11H2,1H3. The summed E-state index contributed by atoms with van der Waals surface area (Å²) in [5.41, 5.74) is 2.36. The third kappa shape index (κ3) is 2.27. The smallest absolute Gasteiger partial charge is 0.254 e. The van der Waals surface area contributed by atoms with E-state index in [0.29, 0.717) is 11.8 Å². The number of aromatic nitrogens is 4. The van der Waals surface area contributed by atoms with Gasteiger partial charge in [-0.2, -0.15) is 14.6 Å². The van der Waals surface area contributed by atoms with Crippen LogP contribution in [-0.4, -0.2) is 26.1 Å². The van der Waals surface area contributed by atoms with E-state index < -0.39 is 0 Å². The predicted octanol–water partition coefficient (Wildman–Crippen LogP) is 3.93. The van der Waals surface area contributed by atoms with Gasteiger partial charge in [0.05, 0.1) is 6.04 Å². The van der Waals surface area contributed by atoms with Gasteiger partial charge in [-0.1, -0.05) is 42.5 Å². The lowest BCUT2D eigenvalue weighted by molar-refractivity contribution is 0.702. The second-order valence-electron chi connectivity index (χ2n) is 6.65. The quantitative estimate of drug-likeness (QED) is 0.559. The maximum absolute atomic E-state index is 4.48. The summed E-state index contributed by atoms with van der Waals surface area (Å²) in [5, 5.41) is 7.03. The molecule has 2 aromatic heterocycles. The van der Waals surface area contributed by atoms with Gasteiger partial charge in [-0.15, -0.1) is 0 Å². The zero-order valence-corrected chi connectivity index (χ0v) is 14.1. The Balaban J connectivity index is 1.68. The zero-order valence-electron chi connectivity index (χ0n) is 14.1. The van der Waals surface area contributed by atoms with Crippen LogP contribution in [0.25, 0.3) is 16.6 Å². The highest BCUT2D eigenvalue weighted by atomic mass is 15.4. The molecule has 0 aliphatic carbocycles. The summed E-state index contributed by atoms with van der Waals surface area (Å²) in [5.74, 6) is 1.74. The Morgan fingerprint density at radius 3 is 2.92 bits per heavy atom. The molecule has 2 aromatic carbocycles. The minimum Gasteiger partial charge on any atom is -0.349 e. The molecule has 5 heteroatoms. The lowest BCUT2D eigenvalue weighted by atomic mass is 9.97. The van der Waals surface area contributed by atoms with Gasteiger partial charge in [0.2, 0.25) is 0 Å². The van der Waals surface area contributed by atoms with Crippen molar-refractivity contribution in [3.63, 3.8) is 0 Å². The molecule has 1 saturated heterocycles. The summed E-state index contributed by atoms with van der Waals surface area (Å²) in [4.78, 5) is 11.2. The van der Waals surface area contributed by atoms with Gasteiger partial charge in [-0.25, -0.2) is 4.98 Å². The van der Waals surface area contributed by atoms with Gasteiger partial charge >= 0.3 is 0 Å². The summed E-state index contributed by atoms with van der Waals surface area (Å²) in [6, 6.07) is 17.7. The molecule has 5 nitrogen and oxygen atoms in total. The highest BCUT2D eigenvalue weighted by Gasteiger charge is 2.29. The Hall–Kier alpha value is -2.95. The highest BCUT2D eigenvalue weighted by molar-refractivity contribution is 5.86. The van der Waals surface area contributed by atoms with Crippen LogP contribution in [0.15, 0.2) is 54.9 Å². The molecule has 1 fully saturated rings. The van der Waals surface area contributed by atoms with Crippen molar-refractivity contribution in [2.24, 2.45) is 0 Å². The van der Waals surface area contributed by atoms with E-state index in [1.165, 1.54) is 22.8 Å². The van der Waals surface area contributed by atoms with Gasteiger partial charge in [-0.05, 0) is 36.1 Å². The largest absolute Gasteiger partial charge is 0.349 e. The Bertz CT molecular complexity index is 1060. The van der Waals surface area contributed by atoms with E-state index in [2.05, 4.69) is 68.5 Å². The second-order valence-corrected chi connectivity index (χ2v) is 6.65. The van der Waals surface area contributed by atoms with E-state index in [-0.39, 0.29) is 0 Å². The summed E-state index contributed by atoms with van der Waals surface area (Å²) in [7, 11) is 0. The van der Waals surface area contributed by atoms with Crippen LogP contribution in [-0.2, 0) is 0 Å². The van der Waals surface area contributed by atoms with Gasteiger partial charge in [0.15, 0.2) is 0 Å². The van der Waals surface area contributed by atoms with Crippen LogP contribution in [0, 0.1) is 6.92 Å². The van der Waals surface area contributed by atoms with Crippen molar-refractivity contribution < 1.29 is 0 Å². The third-order valence-corrected chi connectivity index (χ3v) is 5.09. The molecule has 1 aliphatic rings. The first-order valence-corrected chi connectivity index (χ1v) is 8.73. The molecular weight excluding hydrogens is 310 g/mol. The van der Waals surface area contributed by atoms with Crippen molar-refractivity contribution in [1.29, 1.82) is 0 Å². The summed E-state index contributed by atoms with van der Waals surface area (Å²) >= 11 is 0. The molecule has 1 atom stereocenters. The molecule has 4 aromatic rings. The Morgan fingerprint density at radius 1 is 1.08 bits per heavy atom. The Labute approximate surface area is 145 Å². The normalized spacial score (nSPS) is 17.6. The number of aryl methyl sites for hydroxylation is 1. The number of hydrogen-bond donors (Lipinski definition) is 0. The van der Waals surface area contributed by atoms with Gasteiger partial charge in [0.25, 0.3) is 5.78 Å². The van der Waals surface area contributed by atoms with Crippen LogP contribution < -0.4 is 4.90 Å². The molecule has 1 unspecified atom stereocenters. The van der Waals surface area contributed by atoms with Crippen molar-refractivity contribution in [3.8, 4) is 0 Å². The molecule has 0 bridgehead atoms. The fraction of sp³-hybridized carbons (Fsp3) is 0.250. The average Bonchev–Trinajstić information content (AvgIpc) is 3.29. The summed E-state index contributed by atoms with van der Waals surface area (Å²) in [6.45, 7) is 3.04. The van der Waals surface area contributed by atoms with Crippen molar-refractivity contribution >= 4 is 22.4 Å². The van der Waals surface area contributed by atoms with Gasteiger partial charge in [0.1, 0.15) is 12.1 Å². The lowest BCUT2D eigenvalue weighted by Crippen LogP contribution is -2.25. The van der Waals surface area contributed by atoms with E-state index in [1.54, 1.807) is 6.33 Å². The van der Waals surface area contributed by atoms with E-state index in [0.717, 1.165) is 24.5 Å². The minimum absolute atomic E-state index is 0.348. The number of fused-ring (bicyclic) bond motifs is 2. The van der Waals surface area contributed by atoms with Crippen molar-refractivity contribution in [2.75, 3.05) is 11.4 Å². The van der Waals surface area contributed by atoms with Gasteiger partial charge < -0.3 is 4.90 Å². The Morgan fingerprint density at radius 2 is 1.96 bits per heavy atom. The third-order valence-electron chi connectivity index (χ3n) is 5.09. The van der Waals surface area contributed by atoms with Gasteiger partial charge in [0, 0.05) is 18.3 Å². The van der Waals surface area contributed by atoms with Gasteiger partial charge in [-0.3, -0.25) is 0 Å². The molecule has 0 amide bonds. The molecule has 1 aliphatic heterocycles. The topological polar surface area (TPSA) is 46.3 Å². The first-order chi connectivity index (χ1) is 12.3. The van der Waals surface area contributed by atoms with E-state index in [4.69, 9.17) is 0 Å². The molecule has 5 rings (SSSR count). The number of anilines is 1. The van der Waals surface area contributed by atoms with Crippen molar-refractivity contribution in [3.05, 3.63) is 66.1 Å². The second kappa shape index (κ2) is 5.55. The molecule has 0 radical (unpaired) electrons. The Kier molecular flexibility index (Phi) is 3.20. The number of rotatable bonds is 2. The van der Waals surface area contributed by atoms with E-state index in [9.17, 15) is 0 Å². The molecule has 124 valence electrons. The summed E-state index contributed by atoms with van der Waals surface area (Å²) < 4.78 is 1.86. The maximum Gasteiger partial charge on any atom is 0.254 e. The fourth-order valence-electron chi connectivity index (χ4n) is 4.02. The van der Waals surface area contributed by atoms with Crippen LogP contribution in [0.4, 0.5) is 5.82 Å². The van der Waals surface area contributed by atoms with Crippen LogP contribution in [0.1, 0.15) is 30.1 Å². The molecule has 3 heterocycles. The molecule has 0 N–H and O–H groups in total. The van der Waals surface area contributed by atoms with Crippen LogP contribution in [0.3, 0.4) is 0 Å². The summed E-state index contributed by atoms with van der Waals surface area (Å²) in [6.07, 6.45) is 3.89. The molecule has 0 spiro atoms. The van der Waals surface area contributed by atoms with Crippen LogP contribution >= 0.6 is 0 Å². The van der Waals surface area contributed by atoms with Crippen molar-refractivity contribution in [2.45, 2.75) is 25.8 Å². The SMILES string of the molecule is Cc1cc(N2CCCC2c2cccc3ccccc23)n2ncnc2n1. The molecule has 0 saturated carbocycles. The lowest BCUT2D eigenvalue weighted by Gasteiger charge is -2.28. The van der Waals surface area contributed by atoms with E-state index in [1.807, 2.05) is 11.4 Å². The molecule has 25 heavy (non-hydrogen) atoms. The average molecular weight is 329 g/mol. The minimum atomic E-state index is 0.348.